The van der Waals surface area contributed by atoms with Gasteiger partial charge in [0.1, 0.15) is 11.5 Å². The largest absolute Gasteiger partial charge is 0.457 e. The van der Waals surface area contributed by atoms with E-state index < -0.39 is 0 Å². The van der Waals surface area contributed by atoms with Gasteiger partial charge in [-0.15, -0.1) is 0 Å². The second kappa shape index (κ2) is 5.87. The maximum Gasteiger partial charge on any atom is 0.127 e. The molecule has 2 aromatic rings. The average molecular weight is 263 g/mol. The molecular formula is C14H15ClN2O. The average Bonchev–Trinajstić information content (AvgIpc) is 2.41. The van der Waals surface area contributed by atoms with Gasteiger partial charge in [-0.2, -0.15) is 0 Å². The van der Waals surface area contributed by atoms with Crippen LogP contribution < -0.4 is 16.2 Å². The number of ether oxygens (including phenoxy) is 1. The number of nitrogens with two attached hydrogens (primary N) is 2. The van der Waals surface area contributed by atoms with Crippen LogP contribution in [0, 0.1) is 0 Å². The van der Waals surface area contributed by atoms with Crippen molar-refractivity contribution in [1.82, 2.24) is 0 Å². The van der Waals surface area contributed by atoms with Crippen molar-refractivity contribution in [2.24, 2.45) is 11.5 Å². The van der Waals surface area contributed by atoms with Gasteiger partial charge in [0.15, 0.2) is 0 Å². The molecule has 0 amide bonds. The van der Waals surface area contributed by atoms with Crippen molar-refractivity contribution in [2.45, 2.75) is 6.04 Å². The number of benzene rings is 2. The minimum atomic E-state index is -0.168. The molecule has 0 fully saturated rings. The van der Waals surface area contributed by atoms with E-state index in [2.05, 4.69) is 0 Å². The summed E-state index contributed by atoms with van der Waals surface area (Å²) in [6.07, 6.45) is 0. The number of hydrogen-bond acceptors (Lipinski definition) is 3. The fraction of sp³-hybridized carbons (Fsp3) is 0.143. The molecule has 18 heavy (non-hydrogen) atoms. The summed E-state index contributed by atoms with van der Waals surface area (Å²) in [7, 11) is 0. The summed E-state index contributed by atoms with van der Waals surface area (Å²) in [6.45, 7) is 0.407. The second-order valence-corrected chi connectivity index (χ2v) is 4.41. The Hall–Kier alpha value is -1.55. The van der Waals surface area contributed by atoms with Crippen molar-refractivity contribution >= 4 is 11.6 Å². The van der Waals surface area contributed by atoms with Crippen molar-refractivity contribution in [1.29, 1.82) is 0 Å². The lowest BCUT2D eigenvalue weighted by molar-refractivity contribution is 0.481. The van der Waals surface area contributed by atoms with E-state index in [4.69, 9.17) is 27.8 Å². The Morgan fingerprint density at radius 1 is 1.06 bits per heavy atom. The van der Waals surface area contributed by atoms with Gasteiger partial charge in [-0.1, -0.05) is 23.7 Å². The maximum absolute atomic E-state index is 5.88. The molecule has 2 rings (SSSR count). The van der Waals surface area contributed by atoms with Crippen LogP contribution in [0.5, 0.6) is 11.5 Å². The van der Waals surface area contributed by atoms with Gasteiger partial charge in [0.05, 0.1) is 0 Å². The molecule has 0 radical (unpaired) electrons. The van der Waals surface area contributed by atoms with Crippen molar-refractivity contribution in [3.05, 3.63) is 59.1 Å². The summed E-state index contributed by atoms with van der Waals surface area (Å²) < 4.78 is 5.71. The van der Waals surface area contributed by atoms with E-state index in [0.29, 0.717) is 11.6 Å². The monoisotopic (exact) mass is 262 g/mol. The highest BCUT2D eigenvalue weighted by atomic mass is 35.5. The van der Waals surface area contributed by atoms with Crippen molar-refractivity contribution < 1.29 is 4.74 Å². The Morgan fingerprint density at radius 3 is 2.44 bits per heavy atom. The number of rotatable bonds is 4. The molecule has 0 heterocycles. The van der Waals surface area contributed by atoms with E-state index in [1.165, 1.54) is 0 Å². The zero-order valence-corrected chi connectivity index (χ0v) is 10.6. The van der Waals surface area contributed by atoms with E-state index in [0.717, 1.165) is 17.1 Å². The minimum absolute atomic E-state index is 0.168. The third-order valence-electron chi connectivity index (χ3n) is 2.59. The Labute approximate surface area is 111 Å². The van der Waals surface area contributed by atoms with Gasteiger partial charge in [0, 0.05) is 17.6 Å². The lowest BCUT2D eigenvalue weighted by Gasteiger charge is -2.11. The molecular weight excluding hydrogens is 248 g/mol. The predicted molar refractivity (Wildman–Crippen MR) is 74.0 cm³/mol. The maximum atomic E-state index is 5.88. The van der Waals surface area contributed by atoms with Gasteiger partial charge in [0.2, 0.25) is 0 Å². The Morgan fingerprint density at radius 2 is 1.78 bits per heavy atom. The molecule has 0 saturated carbocycles. The van der Waals surface area contributed by atoms with Crippen LogP contribution in [0.4, 0.5) is 0 Å². The molecule has 1 atom stereocenters. The van der Waals surface area contributed by atoms with Gasteiger partial charge in [-0.05, 0) is 42.0 Å². The topological polar surface area (TPSA) is 61.3 Å². The van der Waals surface area contributed by atoms with Crippen molar-refractivity contribution in [2.75, 3.05) is 6.54 Å². The zero-order chi connectivity index (χ0) is 13.0. The molecule has 0 spiro atoms. The molecule has 3 nitrogen and oxygen atoms in total. The van der Waals surface area contributed by atoms with E-state index in [9.17, 15) is 0 Å². The van der Waals surface area contributed by atoms with E-state index in [-0.39, 0.29) is 6.04 Å². The number of hydrogen-bond donors (Lipinski definition) is 2. The third-order valence-corrected chi connectivity index (χ3v) is 2.84. The summed E-state index contributed by atoms with van der Waals surface area (Å²) in [5.41, 5.74) is 12.4. The first-order valence-corrected chi connectivity index (χ1v) is 6.06. The smallest absolute Gasteiger partial charge is 0.127 e. The highest BCUT2D eigenvalue weighted by molar-refractivity contribution is 6.30. The van der Waals surface area contributed by atoms with Crippen LogP contribution in [0.1, 0.15) is 11.6 Å². The van der Waals surface area contributed by atoms with Crippen LogP contribution in [0.2, 0.25) is 5.02 Å². The summed E-state index contributed by atoms with van der Waals surface area (Å²) in [6, 6.07) is 14.6. The first kappa shape index (κ1) is 12.9. The number of halogens is 1. The van der Waals surface area contributed by atoms with Gasteiger partial charge in [0.25, 0.3) is 0 Å². The quantitative estimate of drug-likeness (QED) is 0.890. The Bertz CT molecular complexity index is 513. The molecule has 1 unspecified atom stereocenters. The van der Waals surface area contributed by atoms with Crippen LogP contribution in [-0.4, -0.2) is 6.54 Å². The summed E-state index contributed by atoms with van der Waals surface area (Å²) in [5.74, 6) is 1.47. The molecule has 0 saturated heterocycles. The molecule has 4 N–H and O–H groups in total. The molecule has 0 aliphatic heterocycles. The molecule has 2 aromatic carbocycles. The van der Waals surface area contributed by atoms with Crippen LogP contribution in [0.15, 0.2) is 48.5 Å². The summed E-state index contributed by atoms with van der Waals surface area (Å²) in [4.78, 5) is 0. The van der Waals surface area contributed by atoms with Crippen LogP contribution >= 0.6 is 11.6 Å². The van der Waals surface area contributed by atoms with Crippen molar-refractivity contribution in [3.63, 3.8) is 0 Å². The lowest BCUT2D eigenvalue weighted by Crippen LogP contribution is -2.20. The molecule has 0 bridgehead atoms. The molecule has 4 heteroatoms. The molecule has 0 aliphatic rings. The first-order valence-electron chi connectivity index (χ1n) is 5.68. The Balaban J connectivity index is 2.16. The van der Waals surface area contributed by atoms with Crippen LogP contribution in [-0.2, 0) is 0 Å². The van der Waals surface area contributed by atoms with Gasteiger partial charge in [-0.3, -0.25) is 0 Å². The highest BCUT2D eigenvalue weighted by Crippen LogP contribution is 2.25. The SMILES string of the molecule is NCC(N)c1cccc(Oc2ccc(Cl)cc2)c1. The van der Waals surface area contributed by atoms with Crippen molar-refractivity contribution in [3.8, 4) is 11.5 Å². The molecule has 0 aromatic heterocycles. The second-order valence-electron chi connectivity index (χ2n) is 3.97. The molecule has 94 valence electrons. The highest BCUT2D eigenvalue weighted by Gasteiger charge is 2.05. The normalized spacial score (nSPS) is 12.2. The van der Waals surface area contributed by atoms with Gasteiger partial charge in [-0.25, -0.2) is 0 Å². The Kier molecular flexibility index (Phi) is 4.20. The van der Waals surface area contributed by atoms with E-state index in [1.807, 2.05) is 36.4 Å². The first-order chi connectivity index (χ1) is 8.69. The molecule has 0 aliphatic carbocycles. The van der Waals surface area contributed by atoms with E-state index in [1.54, 1.807) is 12.1 Å². The minimum Gasteiger partial charge on any atom is -0.457 e. The van der Waals surface area contributed by atoms with Crippen LogP contribution in [0.25, 0.3) is 0 Å². The third kappa shape index (κ3) is 3.23. The zero-order valence-electron chi connectivity index (χ0n) is 9.84. The fourth-order valence-electron chi connectivity index (χ4n) is 1.58. The fourth-order valence-corrected chi connectivity index (χ4v) is 1.71. The predicted octanol–water partition coefficient (Wildman–Crippen LogP) is 3.09. The standard InChI is InChI=1S/C14H15ClN2O/c15-11-4-6-12(7-5-11)18-13-3-1-2-10(8-13)14(17)9-16/h1-8,14H,9,16-17H2. The van der Waals surface area contributed by atoms with Crippen LogP contribution in [0.3, 0.4) is 0 Å². The van der Waals surface area contributed by atoms with Gasteiger partial charge < -0.3 is 16.2 Å². The van der Waals surface area contributed by atoms with E-state index >= 15 is 0 Å². The lowest BCUT2D eigenvalue weighted by atomic mass is 10.1. The van der Waals surface area contributed by atoms with Gasteiger partial charge >= 0.3 is 0 Å². The summed E-state index contributed by atoms with van der Waals surface area (Å²) in [5, 5.41) is 0.682. The summed E-state index contributed by atoms with van der Waals surface area (Å²) >= 11 is 5.81.